The molecule has 1 aromatic rings. The topological polar surface area (TPSA) is 118 Å². The third-order valence-electron chi connectivity index (χ3n) is 9.90. The van der Waals surface area contributed by atoms with Gasteiger partial charge in [0, 0.05) is 31.6 Å². The Morgan fingerprint density at radius 3 is 2.51 bits per heavy atom. The molecule has 2 N–H and O–H groups in total. The van der Waals surface area contributed by atoms with Crippen LogP contribution in [0.1, 0.15) is 102 Å². The Kier molecular flexibility index (Phi) is 10.7. The van der Waals surface area contributed by atoms with Crippen LogP contribution in [-0.4, -0.2) is 95.3 Å². The second-order valence-electron chi connectivity index (χ2n) is 14.0. The van der Waals surface area contributed by atoms with Crippen LogP contribution in [0.2, 0.25) is 0 Å². The van der Waals surface area contributed by atoms with E-state index in [2.05, 4.69) is 4.90 Å². The van der Waals surface area contributed by atoms with E-state index in [9.17, 15) is 19.8 Å². The van der Waals surface area contributed by atoms with E-state index in [4.69, 9.17) is 18.9 Å². The summed E-state index contributed by atoms with van der Waals surface area (Å²) in [6.07, 6.45) is 7.96. The molecule has 0 saturated carbocycles. The van der Waals surface area contributed by atoms with Crippen molar-refractivity contribution < 1.29 is 38.7 Å². The standard InChI is InChI=1S/C35H52N2O8/c1-24-11-7-9-17-37(24)31(38)21-35(41,15-10-14-34(2,3)40)33(39)45-32-27-22-36(16-8-5-6-12-28(32)42-4)18-13-25-19-29-30(20-26(25)27)44-23-43-29/h12,19-20,24,27,32,40-41H,5-11,13-18,21-23H2,1-4H3/b28-12+/t24?,27-,32+,35-/m1/s1. The molecule has 2 bridgehead atoms. The number of likely N-dealkylation sites (tertiary alicyclic amines) is 1. The van der Waals surface area contributed by atoms with E-state index >= 15 is 0 Å². The monoisotopic (exact) mass is 628 g/mol. The van der Waals surface area contributed by atoms with Gasteiger partial charge in [0.05, 0.1) is 19.1 Å². The van der Waals surface area contributed by atoms with Gasteiger partial charge in [0.2, 0.25) is 12.7 Å². The highest BCUT2D eigenvalue weighted by Crippen LogP contribution is 2.42. The first-order chi connectivity index (χ1) is 21.5. The number of hydrogen-bond acceptors (Lipinski definition) is 9. The number of piperidine rings is 1. The molecule has 5 rings (SSSR count). The van der Waals surface area contributed by atoms with Crippen LogP contribution in [0.15, 0.2) is 24.0 Å². The molecule has 5 atom stereocenters. The summed E-state index contributed by atoms with van der Waals surface area (Å²) in [5.74, 6) is 0.528. The van der Waals surface area contributed by atoms with E-state index in [-0.39, 0.29) is 37.5 Å². The summed E-state index contributed by atoms with van der Waals surface area (Å²) in [5.41, 5.74) is -0.919. The molecule has 1 amide bonds. The number of fused-ring (bicyclic) bond motifs is 5. The van der Waals surface area contributed by atoms with Gasteiger partial charge in [0.15, 0.2) is 23.2 Å². The summed E-state index contributed by atoms with van der Waals surface area (Å²) in [6, 6.07) is 4.09. The molecule has 10 nitrogen and oxygen atoms in total. The molecule has 1 fully saturated rings. The van der Waals surface area contributed by atoms with Crippen molar-refractivity contribution >= 4 is 11.9 Å². The maximum Gasteiger partial charge on any atom is 0.339 e. The van der Waals surface area contributed by atoms with Gasteiger partial charge in [0.1, 0.15) is 5.76 Å². The van der Waals surface area contributed by atoms with E-state index in [1.807, 2.05) is 25.1 Å². The molecule has 0 aliphatic carbocycles. The van der Waals surface area contributed by atoms with Crippen molar-refractivity contribution in [2.75, 3.05) is 40.1 Å². The SMILES string of the molecule is CO/C1=C/CCCCN2CCc3cc4c(cc3[C@@H](C2)[C@@H]1OC(=O)[C@@](O)(CCCC(C)(C)O)CC(=O)N1CCCCC1C)OCO4. The summed E-state index contributed by atoms with van der Waals surface area (Å²) in [7, 11) is 1.59. The quantitative estimate of drug-likeness (QED) is 0.383. The van der Waals surface area contributed by atoms with Crippen molar-refractivity contribution in [3.63, 3.8) is 0 Å². The first-order valence-corrected chi connectivity index (χ1v) is 16.8. The Labute approximate surface area is 267 Å². The average molecular weight is 629 g/mol. The molecule has 250 valence electrons. The van der Waals surface area contributed by atoms with Crippen LogP contribution < -0.4 is 9.47 Å². The predicted molar refractivity (Wildman–Crippen MR) is 169 cm³/mol. The van der Waals surface area contributed by atoms with Gasteiger partial charge >= 0.3 is 5.97 Å². The lowest BCUT2D eigenvalue weighted by molar-refractivity contribution is -0.177. The van der Waals surface area contributed by atoms with E-state index in [0.29, 0.717) is 43.2 Å². The highest BCUT2D eigenvalue weighted by molar-refractivity contribution is 5.88. The average Bonchev–Trinajstić information content (AvgIpc) is 3.38. The van der Waals surface area contributed by atoms with Crippen molar-refractivity contribution in [1.82, 2.24) is 9.80 Å². The molecule has 10 heteroatoms. The van der Waals surface area contributed by atoms with Crippen LogP contribution in [0.25, 0.3) is 0 Å². The fourth-order valence-corrected chi connectivity index (χ4v) is 7.27. The Bertz CT molecular complexity index is 1240. The number of ether oxygens (including phenoxy) is 4. The van der Waals surface area contributed by atoms with E-state index in [0.717, 1.165) is 69.2 Å². The molecule has 45 heavy (non-hydrogen) atoms. The maximum absolute atomic E-state index is 14.3. The lowest BCUT2D eigenvalue weighted by atomic mass is 9.86. The number of benzene rings is 1. The van der Waals surface area contributed by atoms with Crippen LogP contribution in [0.4, 0.5) is 0 Å². The smallest absolute Gasteiger partial charge is 0.339 e. The van der Waals surface area contributed by atoms with Crippen LogP contribution in [-0.2, 0) is 25.5 Å². The first-order valence-electron chi connectivity index (χ1n) is 16.8. The zero-order valence-corrected chi connectivity index (χ0v) is 27.5. The first kappa shape index (κ1) is 33.5. The number of hydrogen-bond donors (Lipinski definition) is 2. The van der Waals surface area contributed by atoms with Crippen LogP contribution in [0.3, 0.4) is 0 Å². The fraction of sp³-hybridized carbons (Fsp3) is 0.714. The minimum atomic E-state index is -2.06. The molecule has 4 heterocycles. The maximum atomic E-state index is 14.3. The second kappa shape index (κ2) is 14.3. The zero-order chi connectivity index (χ0) is 32.2. The number of allylic oxidation sites excluding steroid dienone is 1. The van der Waals surface area contributed by atoms with Gasteiger partial charge in [-0.15, -0.1) is 0 Å². The molecule has 0 radical (unpaired) electrons. The molecule has 0 spiro atoms. The van der Waals surface area contributed by atoms with Crippen molar-refractivity contribution in [3.8, 4) is 11.5 Å². The van der Waals surface area contributed by atoms with Gasteiger partial charge < -0.3 is 39.0 Å². The highest BCUT2D eigenvalue weighted by atomic mass is 16.7. The Hall–Kier alpha value is -2.82. The van der Waals surface area contributed by atoms with Gasteiger partial charge in [-0.1, -0.05) is 0 Å². The van der Waals surface area contributed by atoms with E-state index in [1.54, 1.807) is 25.9 Å². The minimum absolute atomic E-state index is 0.00536. The minimum Gasteiger partial charge on any atom is -0.497 e. The third-order valence-corrected chi connectivity index (χ3v) is 9.90. The van der Waals surface area contributed by atoms with Gasteiger partial charge in [-0.2, -0.15) is 0 Å². The second-order valence-corrected chi connectivity index (χ2v) is 14.0. The number of rotatable bonds is 9. The molecule has 0 aromatic heterocycles. The van der Waals surface area contributed by atoms with Crippen molar-refractivity contribution in [3.05, 3.63) is 35.1 Å². The number of esters is 1. The molecule has 1 aromatic carbocycles. The van der Waals surface area contributed by atoms with Gasteiger partial charge in [-0.3, -0.25) is 4.79 Å². The number of carbonyl (C=O) groups excluding carboxylic acids is 2. The molecule has 4 aliphatic rings. The van der Waals surface area contributed by atoms with Crippen LogP contribution in [0, 0.1) is 0 Å². The largest absolute Gasteiger partial charge is 0.497 e. The summed E-state index contributed by atoms with van der Waals surface area (Å²) < 4.78 is 23.8. The summed E-state index contributed by atoms with van der Waals surface area (Å²) in [4.78, 5) is 32.1. The fourth-order valence-electron chi connectivity index (χ4n) is 7.27. The van der Waals surface area contributed by atoms with E-state index in [1.165, 1.54) is 0 Å². The highest BCUT2D eigenvalue weighted by Gasteiger charge is 2.45. The Morgan fingerprint density at radius 2 is 1.78 bits per heavy atom. The van der Waals surface area contributed by atoms with Crippen molar-refractivity contribution in [2.24, 2.45) is 0 Å². The normalized spacial score (nSPS) is 27.7. The summed E-state index contributed by atoms with van der Waals surface area (Å²) >= 11 is 0. The third kappa shape index (κ3) is 8.13. The van der Waals surface area contributed by atoms with Gasteiger partial charge in [-0.05, 0) is 121 Å². The lowest BCUT2D eigenvalue weighted by Crippen LogP contribution is -2.50. The zero-order valence-electron chi connectivity index (χ0n) is 27.5. The summed E-state index contributed by atoms with van der Waals surface area (Å²) in [5, 5.41) is 22.4. The van der Waals surface area contributed by atoms with Crippen molar-refractivity contribution in [1.29, 1.82) is 0 Å². The van der Waals surface area contributed by atoms with Crippen LogP contribution in [0.5, 0.6) is 11.5 Å². The Morgan fingerprint density at radius 1 is 1.02 bits per heavy atom. The number of nitrogens with zero attached hydrogens (tertiary/aromatic N) is 2. The summed E-state index contributed by atoms with van der Waals surface area (Å²) in [6.45, 7) is 8.60. The number of aliphatic hydroxyl groups is 2. The van der Waals surface area contributed by atoms with Crippen molar-refractivity contribution in [2.45, 2.75) is 121 Å². The predicted octanol–water partition coefficient (Wildman–Crippen LogP) is 4.45. The number of carbonyl (C=O) groups is 2. The molecule has 4 aliphatic heterocycles. The lowest BCUT2D eigenvalue weighted by Gasteiger charge is -2.37. The van der Waals surface area contributed by atoms with E-state index < -0.39 is 23.3 Å². The van der Waals surface area contributed by atoms with Crippen LogP contribution >= 0.6 is 0 Å². The molecule has 2 unspecified atom stereocenters. The number of amides is 1. The Balaban J connectivity index is 1.49. The molecular weight excluding hydrogens is 576 g/mol. The van der Waals surface area contributed by atoms with Gasteiger partial charge in [-0.25, -0.2) is 4.79 Å². The number of methoxy groups -OCH3 is 1. The van der Waals surface area contributed by atoms with Gasteiger partial charge in [0.25, 0.3) is 0 Å². The molecule has 1 saturated heterocycles. The molecular formula is C35H52N2O8.